The third-order valence-electron chi connectivity index (χ3n) is 2.76. The van der Waals surface area contributed by atoms with Gasteiger partial charge in [-0.2, -0.15) is 10.2 Å². The molecule has 0 saturated carbocycles. The summed E-state index contributed by atoms with van der Waals surface area (Å²) in [6.45, 7) is 5.85. The second kappa shape index (κ2) is 5.72. The van der Waals surface area contributed by atoms with Crippen molar-refractivity contribution < 1.29 is 4.79 Å². The molecule has 2 rings (SSSR count). The van der Waals surface area contributed by atoms with E-state index in [1.54, 1.807) is 27.8 Å². The van der Waals surface area contributed by atoms with Gasteiger partial charge in [-0.1, -0.05) is 0 Å². The quantitative estimate of drug-likeness (QED) is 0.838. The van der Waals surface area contributed by atoms with E-state index in [-0.39, 0.29) is 18.0 Å². The van der Waals surface area contributed by atoms with Crippen molar-refractivity contribution in [3.05, 3.63) is 28.2 Å². The van der Waals surface area contributed by atoms with Crippen LogP contribution in [0.15, 0.2) is 24.7 Å². The summed E-state index contributed by atoms with van der Waals surface area (Å²) in [6.07, 6.45) is 5.24. The number of halogens is 1. The van der Waals surface area contributed by atoms with Gasteiger partial charge in [0.2, 0.25) is 5.91 Å². The van der Waals surface area contributed by atoms with Gasteiger partial charge in [0.05, 0.1) is 16.0 Å². The summed E-state index contributed by atoms with van der Waals surface area (Å²) in [6, 6.07) is 1.63. The van der Waals surface area contributed by atoms with Crippen LogP contribution in [0.1, 0.15) is 32.9 Å². The molecule has 0 radical (unpaired) electrons. The Hall–Kier alpha value is -1.38. The molecule has 2 aromatic heterocycles. The predicted octanol–water partition coefficient (Wildman–Crippen LogP) is 2.46. The molecule has 0 aromatic carbocycles. The van der Waals surface area contributed by atoms with Crippen LogP contribution < -0.4 is 5.32 Å². The van der Waals surface area contributed by atoms with Gasteiger partial charge in [-0.05, 0) is 43.4 Å². The molecule has 6 nitrogen and oxygen atoms in total. The maximum atomic E-state index is 12.2. The van der Waals surface area contributed by atoms with E-state index in [2.05, 4.69) is 38.1 Å². The molecule has 2 heterocycles. The lowest BCUT2D eigenvalue weighted by Crippen LogP contribution is -2.25. The van der Waals surface area contributed by atoms with Crippen molar-refractivity contribution in [3.63, 3.8) is 0 Å². The minimum atomic E-state index is -0.362. The lowest BCUT2D eigenvalue weighted by atomic mass is 10.3. The van der Waals surface area contributed by atoms with E-state index in [9.17, 15) is 4.79 Å². The topological polar surface area (TPSA) is 64.7 Å². The van der Waals surface area contributed by atoms with Crippen LogP contribution in [-0.4, -0.2) is 25.5 Å². The highest BCUT2D eigenvalue weighted by Gasteiger charge is 2.18. The number of hydrogen-bond acceptors (Lipinski definition) is 3. The van der Waals surface area contributed by atoms with Gasteiger partial charge in [0.25, 0.3) is 0 Å². The van der Waals surface area contributed by atoms with Crippen molar-refractivity contribution in [1.82, 2.24) is 19.6 Å². The van der Waals surface area contributed by atoms with E-state index in [1.165, 1.54) is 0 Å². The first-order valence-electron chi connectivity index (χ1n) is 6.03. The highest BCUT2D eigenvalue weighted by atomic mass is 127. The Kier molecular flexibility index (Phi) is 4.23. The molecule has 0 aliphatic rings. The molecule has 2 aromatic rings. The van der Waals surface area contributed by atoms with Gasteiger partial charge in [0.15, 0.2) is 0 Å². The van der Waals surface area contributed by atoms with E-state index in [4.69, 9.17) is 0 Å². The summed E-state index contributed by atoms with van der Waals surface area (Å²) in [5, 5.41) is 11.2. The van der Waals surface area contributed by atoms with Crippen LogP contribution in [0.4, 0.5) is 5.82 Å². The Morgan fingerprint density at radius 2 is 2.11 bits per heavy atom. The van der Waals surface area contributed by atoms with Crippen LogP contribution in [-0.2, 0) is 4.79 Å². The molecule has 1 unspecified atom stereocenters. The summed E-state index contributed by atoms with van der Waals surface area (Å²) in [5.41, 5.74) is 0. The minimum Gasteiger partial charge on any atom is -0.309 e. The second-order valence-electron chi connectivity index (χ2n) is 4.56. The maximum absolute atomic E-state index is 12.2. The SMILES string of the molecule is CC(C(=O)Nc1ccnn1C(C)C)n1cc(I)cn1. The van der Waals surface area contributed by atoms with Gasteiger partial charge in [-0.3, -0.25) is 9.48 Å². The average Bonchev–Trinajstić information content (AvgIpc) is 2.97. The number of aromatic nitrogens is 4. The lowest BCUT2D eigenvalue weighted by molar-refractivity contribution is -0.119. The van der Waals surface area contributed by atoms with Crippen molar-refractivity contribution in [2.24, 2.45) is 0 Å². The monoisotopic (exact) mass is 373 g/mol. The second-order valence-corrected chi connectivity index (χ2v) is 5.80. The number of anilines is 1. The Morgan fingerprint density at radius 3 is 2.68 bits per heavy atom. The smallest absolute Gasteiger partial charge is 0.250 e. The molecule has 7 heteroatoms. The number of hydrogen-bond donors (Lipinski definition) is 1. The first kappa shape index (κ1) is 14.0. The van der Waals surface area contributed by atoms with E-state index < -0.39 is 0 Å². The Labute approximate surface area is 125 Å². The molecule has 0 bridgehead atoms. The highest BCUT2D eigenvalue weighted by molar-refractivity contribution is 14.1. The zero-order valence-corrected chi connectivity index (χ0v) is 13.2. The third-order valence-corrected chi connectivity index (χ3v) is 3.31. The van der Waals surface area contributed by atoms with Crippen LogP contribution in [0.25, 0.3) is 0 Å². The number of nitrogens with zero attached hydrogens (tertiary/aromatic N) is 4. The van der Waals surface area contributed by atoms with E-state index >= 15 is 0 Å². The fraction of sp³-hybridized carbons (Fsp3) is 0.417. The molecule has 0 aliphatic carbocycles. The summed E-state index contributed by atoms with van der Waals surface area (Å²) in [4.78, 5) is 12.2. The van der Waals surface area contributed by atoms with Crippen molar-refractivity contribution in [1.29, 1.82) is 0 Å². The number of rotatable bonds is 4. The van der Waals surface area contributed by atoms with Crippen LogP contribution in [0.2, 0.25) is 0 Å². The molecule has 19 heavy (non-hydrogen) atoms. The predicted molar refractivity (Wildman–Crippen MR) is 80.9 cm³/mol. The largest absolute Gasteiger partial charge is 0.309 e. The fourth-order valence-corrected chi connectivity index (χ4v) is 2.11. The third kappa shape index (κ3) is 3.14. The van der Waals surface area contributed by atoms with Crippen LogP contribution in [0.5, 0.6) is 0 Å². The van der Waals surface area contributed by atoms with Crippen molar-refractivity contribution in [2.45, 2.75) is 32.9 Å². The van der Waals surface area contributed by atoms with Crippen LogP contribution in [0, 0.1) is 3.57 Å². The standard InChI is InChI=1S/C12H16IN5O/c1-8(2)18-11(4-5-14-18)16-12(19)9(3)17-7-10(13)6-15-17/h4-9H,1-3H3,(H,16,19). The molecule has 1 N–H and O–H groups in total. The van der Waals surface area contributed by atoms with Gasteiger partial charge in [0.1, 0.15) is 11.9 Å². The number of nitrogens with one attached hydrogen (secondary N) is 1. The zero-order chi connectivity index (χ0) is 14.0. The molecule has 0 saturated heterocycles. The minimum absolute atomic E-state index is 0.109. The maximum Gasteiger partial charge on any atom is 0.250 e. The van der Waals surface area contributed by atoms with Gasteiger partial charge >= 0.3 is 0 Å². The highest BCUT2D eigenvalue weighted by Crippen LogP contribution is 2.16. The fourth-order valence-electron chi connectivity index (χ4n) is 1.70. The lowest BCUT2D eigenvalue weighted by Gasteiger charge is -2.15. The molecule has 0 spiro atoms. The Bertz CT molecular complexity index is 574. The van der Waals surface area contributed by atoms with E-state index in [0.29, 0.717) is 5.82 Å². The summed E-state index contributed by atoms with van der Waals surface area (Å²) in [5.74, 6) is 0.593. The molecular formula is C12H16IN5O. The van der Waals surface area contributed by atoms with Crippen molar-refractivity contribution in [2.75, 3.05) is 5.32 Å². The van der Waals surface area contributed by atoms with Crippen molar-refractivity contribution >= 4 is 34.3 Å². The molecule has 0 aliphatic heterocycles. The molecular weight excluding hydrogens is 357 g/mol. The molecule has 1 atom stereocenters. The van der Waals surface area contributed by atoms with E-state index in [0.717, 1.165) is 3.57 Å². The first-order chi connectivity index (χ1) is 8.99. The van der Waals surface area contributed by atoms with Gasteiger partial charge in [0, 0.05) is 18.3 Å². The van der Waals surface area contributed by atoms with Crippen LogP contribution >= 0.6 is 22.6 Å². The van der Waals surface area contributed by atoms with E-state index in [1.807, 2.05) is 27.0 Å². The number of carbonyl (C=O) groups is 1. The van der Waals surface area contributed by atoms with Gasteiger partial charge in [-0.15, -0.1) is 0 Å². The molecule has 1 amide bonds. The molecule has 0 fully saturated rings. The summed E-state index contributed by atoms with van der Waals surface area (Å²) in [7, 11) is 0. The summed E-state index contributed by atoms with van der Waals surface area (Å²) >= 11 is 2.16. The Morgan fingerprint density at radius 1 is 1.37 bits per heavy atom. The van der Waals surface area contributed by atoms with Gasteiger partial charge in [-0.25, -0.2) is 4.68 Å². The average molecular weight is 373 g/mol. The Balaban J connectivity index is 2.10. The van der Waals surface area contributed by atoms with Crippen molar-refractivity contribution in [3.8, 4) is 0 Å². The normalized spacial score (nSPS) is 12.7. The first-order valence-corrected chi connectivity index (χ1v) is 7.11. The molecule has 102 valence electrons. The number of amides is 1. The van der Waals surface area contributed by atoms with Crippen LogP contribution in [0.3, 0.4) is 0 Å². The zero-order valence-electron chi connectivity index (χ0n) is 11.0. The van der Waals surface area contributed by atoms with Gasteiger partial charge < -0.3 is 5.32 Å². The summed E-state index contributed by atoms with van der Waals surface area (Å²) < 4.78 is 4.43. The number of carbonyl (C=O) groups excluding carboxylic acids is 1.